The molecule has 8 nitrogen and oxygen atoms in total. The number of amides is 2. The van der Waals surface area contributed by atoms with Crippen LogP contribution in [0.25, 0.3) is 5.65 Å². The number of benzene rings is 1. The van der Waals surface area contributed by atoms with Crippen molar-refractivity contribution < 1.29 is 14.0 Å². The predicted molar refractivity (Wildman–Crippen MR) is 128 cm³/mol. The van der Waals surface area contributed by atoms with Crippen LogP contribution >= 0.6 is 11.6 Å². The number of hydrogen-bond donors (Lipinski definition) is 2. The molecule has 2 N–H and O–H groups in total. The number of fused-ring (bicyclic) bond motifs is 1. The van der Waals surface area contributed by atoms with E-state index in [0.29, 0.717) is 42.6 Å². The highest BCUT2D eigenvalue weighted by Crippen LogP contribution is 2.28. The van der Waals surface area contributed by atoms with Crippen LogP contribution in [-0.4, -0.2) is 45.5 Å². The molecule has 2 aliphatic rings. The van der Waals surface area contributed by atoms with E-state index in [1.165, 1.54) is 18.2 Å². The third-order valence-electron chi connectivity index (χ3n) is 6.65. The fourth-order valence-corrected chi connectivity index (χ4v) is 4.95. The summed E-state index contributed by atoms with van der Waals surface area (Å²) in [4.78, 5) is 32.6. The fourth-order valence-electron chi connectivity index (χ4n) is 4.73. The summed E-state index contributed by atoms with van der Waals surface area (Å²) in [6, 6.07) is 5.80. The van der Waals surface area contributed by atoms with E-state index in [0.717, 1.165) is 31.7 Å². The average molecular weight is 485 g/mol. The quantitative estimate of drug-likeness (QED) is 0.570. The Kier molecular flexibility index (Phi) is 6.36. The van der Waals surface area contributed by atoms with Gasteiger partial charge in [-0.25, -0.2) is 13.9 Å². The maximum absolute atomic E-state index is 13.2. The van der Waals surface area contributed by atoms with Crippen molar-refractivity contribution in [2.45, 2.75) is 44.6 Å². The van der Waals surface area contributed by atoms with Gasteiger partial charge in [0.05, 0.1) is 16.9 Å². The van der Waals surface area contributed by atoms with E-state index in [1.807, 2.05) is 12.3 Å². The zero-order valence-corrected chi connectivity index (χ0v) is 19.4. The number of aromatic nitrogens is 3. The number of rotatable bonds is 5. The Bertz CT molecular complexity index is 1220. The normalized spacial score (nSPS) is 20.5. The molecule has 2 fully saturated rings. The molecule has 1 aliphatic carbocycles. The van der Waals surface area contributed by atoms with Crippen LogP contribution in [0.15, 0.2) is 36.7 Å². The van der Waals surface area contributed by atoms with E-state index in [2.05, 4.69) is 20.6 Å². The summed E-state index contributed by atoms with van der Waals surface area (Å²) in [6.45, 7) is 1.95. The van der Waals surface area contributed by atoms with E-state index in [4.69, 9.17) is 16.6 Å². The highest BCUT2D eigenvalue weighted by Gasteiger charge is 2.28. The third-order valence-corrected chi connectivity index (χ3v) is 6.96. The Hall–Kier alpha value is -3.20. The van der Waals surface area contributed by atoms with Gasteiger partial charge in [0.15, 0.2) is 5.65 Å². The minimum Gasteiger partial charge on any atom is -0.357 e. The van der Waals surface area contributed by atoms with Crippen molar-refractivity contribution in [1.82, 2.24) is 19.9 Å². The lowest BCUT2D eigenvalue weighted by molar-refractivity contribution is -0.120. The molecule has 5 rings (SSSR count). The Morgan fingerprint density at radius 1 is 1.09 bits per heavy atom. The molecule has 10 heteroatoms. The van der Waals surface area contributed by atoms with Gasteiger partial charge >= 0.3 is 0 Å². The molecule has 34 heavy (non-hydrogen) atoms. The molecule has 2 aromatic heterocycles. The number of carbonyl (C=O) groups is 2. The van der Waals surface area contributed by atoms with E-state index in [1.54, 1.807) is 10.7 Å². The molecule has 1 saturated heterocycles. The van der Waals surface area contributed by atoms with Crippen LogP contribution in [-0.2, 0) is 4.79 Å². The maximum Gasteiger partial charge on any atom is 0.256 e. The lowest BCUT2D eigenvalue weighted by atomic mass is 9.85. The van der Waals surface area contributed by atoms with Crippen molar-refractivity contribution in [3.05, 3.63) is 53.1 Å². The highest BCUT2D eigenvalue weighted by atomic mass is 35.5. The minimum absolute atomic E-state index is 0.0253. The first-order valence-electron chi connectivity index (χ1n) is 11.6. The monoisotopic (exact) mass is 484 g/mol. The molecule has 2 amide bonds. The largest absolute Gasteiger partial charge is 0.357 e. The van der Waals surface area contributed by atoms with Gasteiger partial charge in [-0.15, -0.1) is 0 Å². The lowest BCUT2D eigenvalue weighted by Crippen LogP contribution is -2.39. The molecule has 0 radical (unpaired) electrons. The van der Waals surface area contributed by atoms with Crippen molar-refractivity contribution >= 4 is 40.6 Å². The summed E-state index contributed by atoms with van der Waals surface area (Å²) >= 11 is 6.01. The standard InChI is InChI=1S/C24H26ClFN6O2/c25-19-13-16(26)5-8-20(19)29-23(33)15-3-6-17(7-4-15)28-24(34)18-14-27-32-12-9-21(30-22(18)32)31-10-1-2-11-31/h5,8-9,12-15,17H,1-4,6-7,10-11H2,(H,28,34)(H,29,33)/t15-,17-. The number of nitrogens with zero attached hydrogens (tertiary/aromatic N) is 4. The molecule has 3 aromatic rings. The molecule has 1 aliphatic heterocycles. The van der Waals surface area contributed by atoms with E-state index < -0.39 is 5.82 Å². The highest BCUT2D eigenvalue weighted by molar-refractivity contribution is 6.33. The van der Waals surface area contributed by atoms with Gasteiger partial charge in [-0.2, -0.15) is 5.10 Å². The molecule has 1 aromatic carbocycles. The second-order valence-electron chi connectivity index (χ2n) is 8.94. The first kappa shape index (κ1) is 22.6. The van der Waals surface area contributed by atoms with Gasteiger partial charge in [0.1, 0.15) is 17.2 Å². The van der Waals surface area contributed by atoms with Crippen molar-refractivity contribution in [2.75, 3.05) is 23.3 Å². The predicted octanol–water partition coefficient (Wildman–Crippen LogP) is 4.05. The number of carbonyl (C=O) groups excluding carboxylic acids is 2. The molecule has 0 atom stereocenters. The summed E-state index contributed by atoms with van der Waals surface area (Å²) in [7, 11) is 0. The molecular formula is C24H26ClFN6O2. The zero-order chi connectivity index (χ0) is 23.7. The van der Waals surface area contributed by atoms with Gasteiger partial charge in [0.25, 0.3) is 5.91 Å². The van der Waals surface area contributed by atoms with Crippen molar-refractivity contribution in [3.8, 4) is 0 Å². The molecule has 0 bridgehead atoms. The topological polar surface area (TPSA) is 91.6 Å². The minimum atomic E-state index is -0.451. The van der Waals surface area contributed by atoms with Gasteiger partial charge in [0.2, 0.25) is 5.91 Å². The van der Waals surface area contributed by atoms with E-state index in [9.17, 15) is 14.0 Å². The number of halogens is 2. The van der Waals surface area contributed by atoms with Crippen molar-refractivity contribution in [1.29, 1.82) is 0 Å². The van der Waals surface area contributed by atoms with Crippen LogP contribution in [0.4, 0.5) is 15.9 Å². The number of anilines is 2. The maximum atomic E-state index is 13.2. The van der Waals surface area contributed by atoms with Crippen LogP contribution < -0.4 is 15.5 Å². The summed E-state index contributed by atoms with van der Waals surface area (Å²) in [5.74, 6) is -0.109. The number of nitrogens with one attached hydrogen (secondary N) is 2. The summed E-state index contributed by atoms with van der Waals surface area (Å²) in [6.07, 6.45) is 8.35. The second kappa shape index (κ2) is 9.58. The molecule has 178 valence electrons. The SMILES string of the molecule is O=C(N[C@H]1CC[C@H](C(=O)Nc2ccc(F)cc2Cl)CC1)c1cnn2ccc(N3CCCC3)nc12. The van der Waals surface area contributed by atoms with Crippen LogP contribution in [0.1, 0.15) is 48.9 Å². The van der Waals surface area contributed by atoms with Crippen LogP contribution in [0.2, 0.25) is 5.02 Å². The molecule has 0 spiro atoms. The van der Waals surface area contributed by atoms with Gasteiger partial charge in [0, 0.05) is 31.2 Å². The van der Waals surface area contributed by atoms with Crippen molar-refractivity contribution in [3.63, 3.8) is 0 Å². The van der Waals surface area contributed by atoms with Gasteiger partial charge < -0.3 is 15.5 Å². The van der Waals surface area contributed by atoms with Crippen LogP contribution in [0, 0.1) is 11.7 Å². The van der Waals surface area contributed by atoms with Gasteiger partial charge in [-0.05, 0) is 62.8 Å². The summed E-state index contributed by atoms with van der Waals surface area (Å²) < 4.78 is 14.8. The third kappa shape index (κ3) is 4.70. The second-order valence-corrected chi connectivity index (χ2v) is 9.35. The Balaban J connectivity index is 1.18. The first-order chi connectivity index (χ1) is 16.5. The molecule has 3 heterocycles. The van der Waals surface area contributed by atoms with Crippen LogP contribution in [0.5, 0.6) is 0 Å². The first-order valence-corrected chi connectivity index (χ1v) is 12.0. The van der Waals surface area contributed by atoms with Crippen molar-refractivity contribution in [2.24, 2.45) is 5.92 Å². The summed E-state index contributed by atoms with van der Waals surface area (Å²) in [5, 5.41) is 10.3. The molecule has 0 unspecified atom stereocenters. The molecular weight excluding hydrogens is 459 g/mol. The Morgan fingerprint density at radius 2 is 1.85 bits per heavy atom. The molecule has 1 saturated carbocycles. The lowest BCUT2D eigenvalue weighted by Gasteiger charge is -2.28. The smallest absolute Gasteiger partial charge is 0.256 e. The van der Waals surface area contributed by atoms with Gasteiger partial charge in [-0.3, -0.25) is 9.59 Å². The van der Waals surface area contributed by atoms with Crippen LogP contribution in [0.3, 0.4) is 0 Å². The van der Waals surface area contributed by atoms with E-state index in [-0.39, 0.29) is 28.8 Å². The average Bonchev–Trinajstić information content (AvgIpc) is 3.51. The fraction of sp³-hybridized carbons (Fsp3) is 0.417. The Morgan fingerprint density at radius 3 is 2.59 bits per heavy atom. The van der Waals surface area contributed by atoms with E-state index >= 15 is 0 Å². The Labute approximate surface area is 201 Å². The summed E-state index contributed by atoms with van der Waals surface area (Å²) in [5.41, 5.74) is 1.40. The zero-order valence-electron chi connectivity index (χ0n) is 18.6. The number of hydrogen-bond acceptors (Lipinski definition) is 5. The van der Waals surface area contributed by atoms with Gasteiger partial charge in [-0.1, -0.05) is 11.6 Å².